The first-order chi connectivity index (χ1) is 16.4. The van der Waals surface area contributed by atoms with Crippen LogP contribution in [0.2, 0.25) is 18.1 Å². The first kappa shape index (κ1) is 26.9. The lowest BCUT2D eigenvalue weighted by atomic mass is 9.70. The number of methoxy groups -OCH3 is 2. The summed E-state index contributed by atoms with van der Waals surface area (Å²) in [5, 5.41) is -0.148. The molecule has 35 heavy (non-hydrogen) atoms. The number of allylic oxidation sites excluding steroid dienone is 1. The maximum Gasteiger partial charge on any atom is 0.326 e. The molecule has 0 amide bonds. The highest BCUT2D eigenvalue weighted by Gasteiger charge is 2.71. The van der Waals surface area contributed by atoms with Gasteiger partial charge in [0.05, 0.1) is 14.2 Å². The fourth-order valence-corrected chi connectivity index (χ4v) is 6.45. The fraction of sp³-hybridized carbons (Fsp3) is 0.448. The third-order valence-corrected chi connectivity index (χ3v) is 12.2. The van der Waals surface area contributed by atoms with Crippen LogP contribution >= 0.6 is 0 Å². The van der Waals surface area contributed by atoms with Crippen molar-refractivity contribution in [3.8, 4) is 0 Å². The summed E-state index contributed by atoms with van der Waals surface area (Å²) in [6.07, 6.45) is 4.81. The molecule has 3 rings (SSSR count). The van der Waals surface area contributed by atoms with Crippen molar-refractivity contribution in [3.63, 3.8) is 0 Å². The highest BCUT2D eigenvalue weighted by Crippen LogP contribution is 2.61. The minimum atomic E-state index is -2.49. The van der Waals surface area contributed by atoms with Crippen molar-refractivity contribution in [1.82, 2.24) is 0 Å². The molecule has 2 aromatic carbocycles. The maximum atomic E-state index is 13.7. The summed E-state index contributed by atoms with van der Waals surface area (Å²) < 4.78 is 17.8. The quantitative estimate of drug-likeness (QED) is 0.255. The smallest absolute Gasteiger partial charge is 0.326 e. The summed E-state index contributed by atoms with van der Waals surface area (Å²) in [6.45, 7) is 10.7. The number of esters is 2. The van der Waals surface area contributed by atoms with E-state index in [9.17, 15) is 9.59 Å². The van der Waals surface area contributed by atoms with E-state index in [4.69, 9.17) is 13.9 Å². The molecule has 2 aromatic rings. The van der Waals surface area contributed by atoms with E-state index < -0.39 is 31.3 Å². The number of carbonyl (C=O) groups excluding carboxylic acids is 2. The molecule has 1 aliphatic carbocycles. The van der Waals surface area contributed by atoms with Crippen molar-refractivity contribution in [2.45, 2.75) is 57.3 Å². The lowest BCUT2D eigenvalue weighted by Crippen LogP contribution is -2.60. The highest BCUT2D eigenvalue weighted by atomic mass is 28.4. The molecule has 0 N–H and O–H groups in total. The monoisotopic (exact) mass is 494 g/mol. The van der Waals surface area contributed by atoms with Gasteiger partial charge in [0.15, 0.2) is 13.7 Å². The van der Waals surface area contributed by atoms with Crippen LogP contribution < -0.4 is 0 Å². The molecule has 5 nitrogen and oxygen atoms in total. The zero-order valence-corrected chi connectivity index (χ0v) is 23.0. The molecule has 0 saturated heterocycles. The Morgan fingerprint density at radius 3 is 1.89 bits per heavy atom. The Kier molecular flexibility index (Phi) is 7.77. The van der Waals surface area contributed by atoms with Crippen LogP contribution in [0.25, 0.3) is 6.08 Å². The Labute approximate surface area is 210 Å². The number of benzene rings is 2. The molecule has 6 heteroatoms. The van der Waals surface area contributed by atoms with E-state index in [0.717, 1.165) is 11.1 Å². The summed E-state index contributed by atoms with van der Waals surface area (Å²) in [5.41, 5.74) is -1.03. The molecule has 2 atom stereocenters. The number of ether oxygens (including phenoxy) is 2. The van der Waals surface area contributed by atoms with E-state index in [1.165, 1.54) is 14.2 Å². The lowest BCUT2D eigenvalue weighted by molar-refractivity contribution is -0.186. The van der Waals surface area contributed by atoms with Crippen LogP contribution in [0.15, 0.2) is 66.7 Å². The maximum absolute atomic E-state index is 13.7. The van der Waals surface area contributed by atoms with Gasteiger partial charge in [-0.1, -0.05) is 93.6 Å². The minimum Gasteiger partial charge on any atom is -0.468 e. The zero-order chi connectivity index (χ0) is 25.9. The average Bonchev–Trinajstić information content (AvgIpc) is 3.17. The molecule has 0 bridgehead atoms. The van der Waals surface area contributed by atoms with Gasteiger partial charge in [0.1, 0.15) is 5.60 Å². The second-order valence-corrected chi connectivity index (χ2v) is 15.6. The molecule has 0 heterocycles. The fourth-order valence-electron chi connectivity index (χ4n) is 4.90. The molecule has 0 aromatic heterocycles. The first-order valence-corrected chi connectivity index (χ1v) is 15.0. The molecule has 1 fully saturated rings. The predicted molar refractivity (Wildman–Crippen MR) is 141 cm³/mol. The summed E-state index contributed by atoms with van der Waals surface area (Å²) >= 11 is 0. The van der Waals surface area contributed by atoms with Gasteiger partial charge < -0.3 is 13.9 Å². The molecule has 1 saturated carbocycles. The highest BCUT2D eigenvalue weighted by molar-refractivity contribution is 6.74. The van der Waals surface area contributed by atoms with E-state index in [2.05, 4.69) is 39.9 Å². The Bertz CT molecular complexity index is 1040. The van der Waals surface area contributed by atoms with Crippen molar-refractivity contribution in [2.24, 2.45) is 11.3 Å². The molecule has 188 valence electrons. The topological polar surface area (TPSA) is 61.8 Å². The Balaban J connectivity index is 2.27. The van der Waals surface area contributed by atoms with E-state index >= 15 is 0 Å². The van der Waals surface area contributed by atoms with Crippen LogP contribution in [0, 0.1) is 11.3 Å². The molecule has 1 aliphatic rings. The molecule has 0 radical (unpaired) electrons. The van der Waals surface area contributed by atoms with Crippen LogP contribution in [0.1, 0.15) is 44.7 Å². The summed E-state index contributed by atoms with van der Waals surface area (Å²) in [5.74, 6) is -1.36. The van der Waals surface area contributed by atoms with Crippen LogP contribution in [-0.2, 0) is 29.1 Å². The summed E-state index contributed by atoms with van der Waals surface area (Å²) in [7, 11) is 0.156. The van der Waals surface area contributed by atoms with Crippen LogP contribution in [0.4, 0.5) is 0 Å². The van der Waals surface area contributed by atoms with E-state index in [1.54, 1.807) is 0 Å². The van der Waals surface area contributed by atoms with Crippen LogP contribution in [-0.4, -0.2) is 34.5 Å². The van der Waals surface area contributed by atoms with Crippen LogP contribution in [0.3, 0.4) is 0 Å². The number of carbonyl (C=O) groups is 2. The molecule has 0 aliphatic heterocycles. The van der Waals surface area contributed by atoms with Crippen LogP contribution in [0.5, 0.6) is 0 Å². The molecule has 0 unspecified atom stereocenters. The van der Waals surface area contributed by atoms with Crippen molar-refractivity contribution in [2.75, 3.05) is 14.2 Å². The Morgan fingerprint density at radius 2 is 1.40 bits per heavy atom. The Morgan fingerprint density at radius 1 is 0.886 bits per heavy atom. The molecular weight excluding hydrogens is 456 g/mol. The number of rotatable bonds is 7. The predicted octanol–water partition coefficient (Wildman–Crippen LogP) is 6.36. The zero-order valence-electron chi connectivity index (χ0n) is 22.0. The standard InChI is InChI=1S/C29H38O5Si/c1-27(2,3)35(6,7)34-29(24-16-12-9-13-17-24)21-23(19-18-22-14-10-8-11-15-22)20-28(29,25(30)32-4)26(31)33-5/h8-19,23H,20-21H2,1-7H3/b19-18+/t23-,29-/m1/s1. The van der Waals surface area contributed by atoms with E-state index in [0.29, 0.717) is 6.42 Å². The molecular formula is C29H38O5Si. The van der Waals surface area contributed by atoms with E-state index in [-0.39, 0.29) is 17.4 Å². The van der Waals surface area contributed by atoms with E-state index in [1.807, 2.05) is 66.7 Å². The largest absolute Gasteiger partial charge is 0.468 e. The van der Waals surface area contributed by atoms with Gasteiger partial charge in [-0.15, -0.1) is 0 Å². The third kappa shape index (κ3) is 4.87. The number of hydrogen-bond acceptors (Lipinski definition) is 5. The summed E-state index contributed by atoms with van der Waals surface area (Å²) in [6, 6.07) is 19.6. The van der Waals surface area contributed by atoms with Gasteiger partial charge >= 0.3 is 11.9 Å². The Hall–Kier alpha value is -2.70. The first-order valence-electron chi connectivity index (χ1n) is 12.1. The van der Waals surface area contributed by atoms with Gasteiger partial charge in [0, 0.05) is 0 Å². The normalized spacial score (nSPS) is 22.2. The van der Waals surface area contributed by atoms with Gasteiger partial charge in [0.25, 0.3) is 0 Å². The van der Waals surface area contributed by atoms with Crippen molar-refractivity contribution in [3.05, 3.63) is 77.9 Å². The van der Waals surface area contributed by atoms with Gasteiger partial charge in [0.2, 0.25) is 0 Å². The summed E-state index contributed by atoms with van der Waals surface area (Å²) in [4.78, 5) is 27.3. The lowest BCUT2D eigenvalue weighted by Gasteiger charge is -2.49. The minimum absolute atomic E-state index is 0.113. The van der Waals surface area contributed by atoms with Crippen molar-refractivity contribution < 1.29 is 23.5 Å². The average molecular weight is 495 g/mol. The second-order valence-electron chi connectivity index (χ2n) is 10.9. The van der Waals surface area contributed by atoms with Gasteiger partial charge in [-0.25, -0.2) is 0 Å². The molecule has 0 spiro atoms. The van der Waals surface area contributed by atoms with Crippen molar-refractivity contribution >= 4 is 26.3 Å². The van der Waals surface area contributed by atoms with Gasteiger partial charge in [-0.3, -0.25) is 9.59 Å². The second kappa shape index (κ2) is 10.1. The van der Waals surface area contributed by atoms with Crippen molar-refractivity contribution in [1.29, 1.82) is 0 Å². The van der Waals surface area contributed by atoms with Gasteiger partial charge in [-0.2, -0.15) is 0 Å². The SMILES string of the molecule is COC(=O)C1(C(=O)OC)C[C@@H](/C=C/c2ccccc2)C[C@@]1(O[Si](C)(C)C(C)(C)C)c1ccccc1. The van der Waals surface area contributed by atoms with Gasteiger partial charge in [-0.05, 0) is 48.0 Å². The third-order valence-electron chi connectivity index (χ3n) is 7.71. The number of hydrogen-bond donors (Lipinski definition) is 0.